The van der Waals surface area contributed by atoms with Gasteiger partial charge in [0.05, 0.1) is 6.04 Å². The minimum Gasteiger partial charge on any atom is -0.480 e. The zero-order valence-corrected chi connectivity index (χ0v) is 12.8. The van der Waals surface area contributed by atoms with Crippen LogP contribution < -0.4 is 5.32 Å². The summed E-state index contributed by atoms with van der Waals surface area (Å²) in [5.74, 6) is -1.02. The summed E-state index contributed by atoms with van der Waals surface area (Å²) >= 11 is 0. The lowest BCUT2D eigenvalue weighted by atomic mass is 10.0. The van der Waals surface area contributed by atoms with Crippen molar-refractivity contribution >= 4 is 11.9 Å². The summed E-state index contributed by atoms with van der Waals surface area (Å²) in [5.41, 5.74) is -1.05. The Morgan fingerprint density at radius 3 is 2.26 bits per heavy atom. The van der Waals surface area contributed by atoms with E-state index >= 15 is 0 Å². The molecule has 1 amide bonds. The molecule has 0 saturated carbocycles. The first-order chi connectivity index (χ1) is 8.78. The zero-order valence-electron chi connectivity index (χ0n) is 12.8. The molecule has 0 bridgehead atoms. The van der Waals surface area contributed by atoms with Crippen LogP contribution in [0.3, 0.4) is 0 Å². The average Bonchev–Trinajstić information content (AvgIpc) is 2.34. The van der Waals surface area contributed by atoms with Gasteiger partial charge in [-0.2, -0.15) is 0 Å². The van der Waals surface area contributed by atoms with Gasteiger partial charge < -0.3 is 10.4 Å². The molecular formula is C14H28N2O3. The maximum atomic E-state index is 12.0. The fourth-order valence-electron chi connectivity index (χ4n) is 2.15. The Balaban J connectivity index is 4.54. The predicted molar refractivity (Wildman–Crippen MR) is 76.1 cm³/mol. The van der Waals surface area contributed by atoms with Crippen LogP contribution in [-0.4, -0.2) is 46.6 Å². The Hall–Kier alpha value is -1.10. The number of carboxylic acid groups (broad SMARTS) is 1. The van der Waals surface area contributed by atoms with Crippen molar-refractivity contribution in [3.05, 3.63) is 0 Å². The summed E-state index contributed by atoms with van der Waals surface area (Å²) in [7, 11) is 0. The predicted octanol–water partition coefficient (Wildman–Crippen LogP) is 1.87. The quantitative estimate of drug-likeness (QED) is 0.629. The van der Waals surface area contributed by atoms with E-state index in [0.717, 1.165) is 19.3 Å². The molecule has 0 saturated heterocycles. The van der Waals surface area contributed by atoms with Crippen molar-refractivity contribution in [3.8, 4) is 0 Å². The molecule has 0 spiro atoms. The highest BCUT2D eigenvalue weighted by molar-refractivity contribution is 5.83. The van der Waals surface area contributed by atoms with Crippen LogP contribution in [-0.2, 0) is 9.59 Å². The Morgan fingerprint density at radius 2 is 1.84 bits per heavy atom. The van der Waals surface area contributed by atoms with Gasteiger partial charge in [0.25, 0.3) is 0 Å². The molecule has 2 N–H and O–H groups in total. The summed E-state index contributed by atoms with van der Waals surface area (Å²) in [5, 5.41) is 12.1. The number of carbonyl (C=O) groups excluding carboxylic acids is 1. The van der Waals surface area contributed by atoms with Crippen LogP contribution in [0.1, 0.15) is 53.9 Å². The van der Waals surface area contributed by atoms with Gasteiger partial charge in [0.15, 0.2) is 0 Å². The molecule has 112 valence electrons. The highest BCUT2D eigenvalue weighted by Crippen LogP contribution is 2.18. The molecule has 5 nitrogen and oxygen atoms in total. The van der Waals surface area contributed by atoms with Crippen molar-refractivity contribution in [1.82, 2.24) is 10.2 Å². The van der Waals surface area contributed by atoms with Crippen molar-refractivity contribution in [3.63, 3.8) is 0 Å². The number of nitrogens with one attached hydrogen (secondary N) is 1. The number of rotatable bonds is 9. The number of aliphatic carboxylic acids is 1. The van der Waals surface area contributed by atoms with Crippen LogP contribution in [0.5, 0.6) is 0 Å². The normalized spacial score (nSPS) is 13.4. The van der Waals surface area contributed by atoms with Crippen LogP contribution in [0.25, 0.3) is 0 Å². The van der Waals surface area contributed by atoms with E-state index in [4.69, 9.17) is 0 Å². The lowest BCUT2D eigenvalue weighted by Crippen LogP contribution is -2.58. The van der Waals surface area contributed by atoms with E-state index in [1.807, 2.05) is 6.92 Å². The highest BCUT2D eigenvalue weighted by atomic mass is 16.4. The van der Waals surface area contributed by atoms with Crippen LogP contribution >= 0.6 is 0 Å². The molecule has 0 aliphatic heterocycles. The van der Waals surface area contributed by atoms with Crippen molar-refractivity contribution in [2.75, 3.05) is 13.1 Å². The third kappa shape index (κ3) is 5.19. The second kappa shape index (κ2) is 8.15. The molecular weight excluding hydrogens is 244 g/mol. The molecule has 0 aliphatic carbocycles. The number of amides is 1. The van der Waals surface area contributed by atoms with Crippen LogP contribution in [0, 0.1) is 0 Å². The summed E-state index contributed by atoms with van der Waals surface area (Å²) in [4.78, 5) is 25.0. The van der Waals surface area contributed by atoms with Crippen LogP contribution in [0.15, 0.2) is 0 Å². The average molecular weight is 272 g/mol. The standard InChI is InChI=1S/C14H28N2O3/c1-6-8-9-10-15-12(17)11(3)16(7-2)14(4,5)13(18)19/h11H,6-10H2,1-5H3,(H,15,17)(H,18,19). The molecule has 5 heteroatoms. The molecule has 1 unspecified atom stereocenters. The van der Waals surface area contributed by atoms with Gasteiger partial charge in [0, 0.05) is 6.54 Å². The van der Waals surface area contributed by atoms with Crippen molar-refractivity contribution in [2.45, 2.75) is 65.5 Å². The van der Waals surface area contributed by atoms with E-state index < -0.39 is 17.6 Å². The van der Waals surface area contributed by atoms with E-state index in [-0.39, 0.29) is 5.91 Å². The number of hydrogen-bond acceptors (Lipinski definition) is 3. The topological polar surface area (TPSA) is 69.6 Å². The summed E-state index contributed by atoms with van der Waals surface area (Å²) in [6.45, 7) is 10.2. The Bertz CT molecular complexity index is 303. The zero-order chi connectivity index (χ0) is 15.1. The fraction of sp³-hybridized carbons (Fsp3) is 0.857. The van der Waals surface area contributed by atoms with E-state index in [0.29, 0.717) is 13.1 Å². The molecule has 0 aliphatic rings. The lowest BCUT2D eigenvalue weighted by Gasteiger charge is -2.37. The van der Waals surface area contributed by atoms with Gasteiger partial charge in [-0.1, -0.05) is 26.7 Å². The highest BCUT2D eigenvalue weighted by Gasteiger charge is 2.38. The molecule has 0 heterocycles. The molecule has 0 aromatic carbocycles. The molecule has 0 rings (SSSR count). The number of carbonyl (C=O) groups is 2. The minimum atomic E-state index is -1.05. The third-order valence-corrected chi connectivity index (χ3v) is 3.51. The Kier molecular flexibility index (Phi) is 7.68. The minimum absolute atomic E-state index is 0.104. The van der Waals surface area contributed by atoms with E-state index in [1.54, 1.807) is 25.7 Å². The van der Waals surface area contributed by atoms with Gasteiger partial charge in [-0.05, 0) is 33.7 Å². The van der Waals surface area contributed by atoms with Gasteiger partial charge in [0.2, 0.25) is 5.91 Å². The van der Waals surface area contributed by atoms with E-state index in [9.17, 15) is 14.7 Å². The Morgan fingerprint density at radius 1 is 1.26 bits per heavy atom. The number of nitrogens with zero attached hydrogens (tertiary/aromatic N) is 1. The first kappa shape index (κ1) is 17.9. The largest absolute Gasteiger partial charge is 0.480 e. The van der Waals surface area contributed by atoms with Crippen LogP contribution in [0.4, 0.5) is 0 Å². The van der Waals surface area contributed by atoms with Crippen LogP contribution in [0.2, 0.25) is 0 Å². The molecule has 0 radical (unpaired) electrons. The van der Waals surface area contributed by atoms with Crippen molar-refractivity contribution in [1.29, 1.82) is 0 Å². The van der Waals surface area contributed by atoms with E-state index in [1.165, 1.54) is 0 Å². The summed E-state index contributed by atoms with van der Waals surface area (Å²) in [6, 6.07) is -0.447. The van der Waals surface area contributed by atoms with Gasteiger partial charge in [-0.3, -0.25) is 14.5 Å². The molecule has 1 atom stereocenters. The van der Waals surface area contributed by atoms with Gasteiger partial charge in [0.1, 0.15) is 5.54 Å². The van der Waals surface area contributed by atoms with E-state index in [2.05, 4.69) is 12.2 Å². The lowest BCUT2D eigenvalue weighted by molar-refractivity contribution is -0.152. The molecule has 0 aromatic heterocycles. The first-order valence-corrected chi connectivity index (χ1v) is 7.06. The SMILES string of the molecule is CCCCCNC(=O)C(C)N(CC)C(C)(C)C(=O)O. The number of likely N-dealkylation sites (N-methyl/N-ethyl adjacent to an activating group) is 1. The number of unbranched alkanes of at least 4 members (excludes halogenated alkanes) is 2. The Labute approximate surface area is 116 Å². The second-order valence-electron chi connectivity index (χ2n) is 5.32. The van der Waals surface area contributed by atoms with Crippen molar-refractivity contribution < 1.29 is 14.7 Å². The maximum Gasteiger partial charge on any atom is 0.323 e. The summed E-state index contributed by atoms with van der Waals surface area (Å²) < 4.78 is 0. The second-order valence-corrected chi connectivity index (χ2v) is 5.32. The fourth-order valence-corrected chi connectivity index (χ4v) is 2.15. The van der Waals surface area contributed by atoms with Gasteiger partial charge in [-0.15, -0.1) is 0 Å². The van der Waals surface area contributed by atoms with Gasteiger partial charge >= 0.3 is 5.97 Å². The molecule has 0 fully saturated rings. The van der Waals surface area contributed by atoms with Crippen molar-refractivity contribution in [2.24, 2.45) is 0 Å². The summed E-state index contributed by atoms with van der Waals surface area (Å²) in [6.07, 6.45) is 3.16. The maximum absolute atomic E-state index is 12.0. The number of hydrogen-bond donors (Lipinski definition) is 2. The molecule has 19 heavy (non-hydrogen) atoms. The number of carboxylic acids is 1. The van der Waals surface area contributed by atoms with Gasteiger partial charge in [-0.25, -0.2) is 0 Å². The first-order valence-electron chi connectivity index (χ1n) is 7.06. The third-order valence-electron chi connectivity index (χ3n) is 3.51. The monoisotopic (exact) mass is 272 g/mol. The molecule has 0 aromatic rings. The smallest absolute Gasteiger partial charge is 0.323 e.